The van der Waals surface area contributed by atoms with E-state index in [0.29, 0.717) is 42.4 Å². The molecule has 0 amide bonds. The van der Waals surface area contributed by atoms with Crippen molar-refractivity contribution in [1.29, 1.82) is 0 Å². The first-order valence-corrected chi connectivity index (χ1v) is 11.9. The van der Waals surface area contributed by atoms with Crippen molar-refractivity contribution >= 4 is 5.65 Å². The molecule has 6 rings (SSSR count). The molecule has 1 aromatic carbocycles. The van der Waals surface area contributed by atoms with Crippen LogP contribution in [0.3, 0.4) is 0 Å². The normalized spacial score (nSPS) is 20.5. The Balaban J connectivity index is 1.45. The van der Waals surface area contributed by atoms with Gasteiger partial charge in [0.2, 0.25) is 0 Å². The molecular weight excluding hydrogens is 452 g/mol. The zero-order valence-corrected chi connectivity index (χ0v) is 19.5. The summed E-state index contributed by atoms with van der Waals surface area (Å²) < 4.78 is 38.0. The zero-order chi connectivity index (χ0) is 24.3. The maximum Gasteiger partial charge on any atom is 0.261 e. The molecule has 1 aliphatic carbocycles. The monoisotopic (exact) mass is 477 g/mol. The Hall–Kier alpha value is -3.46. The minimum Gasteiger partial charge on any atom is -0.373 e. The summed E-state index contributed by atoms with van der Waals surface area (Å²) in [6.45, 7) is 3.99. The number of benzene rings is 1. The number of nitrogens with zero attached hydrogens (tertiary/aromatic N) is 5. The quantitative estimate of drug-likeness (QED) is 0.421. The average molecular weight is 478 g/mol. The maximum absolute atomic E-state index is 14.8. The highest BCUT2D eigenvalue weighted by molar-refractivity contribution is 5.74. The summed E-state index contributed by atoms with van der Waals surface area (Å²) in [4.78, 5) is 22.5. The number of aromatic nitrogens is 5. The van der Waals surface area contributed by atoms with Gasteiger partial charge in [0.1, 0.15) is 17.3 Å². The van der Waals surface area contributed by atoms with E-state index in [-0.39, 0.29) is 34.5 Å². The molecule has 2 aliphatic rings. The van der Waals surface area contributed by atoms with Gasteiger partial charge >= 0.3 is 0 Å². The zero-order valence-electron chi connectivity index (χ0n) is 19.5. The van der Waals surface area contributed by atoms with Crippen LogP contribution < -0.4 is 5.56 Å². The summed E-state index contributed by atoms with van der Waals surface area (Å²) in [5.41, 5.74) is 3.11. The minimum absolute atomic E-state index is 0.0156. The van der Waals surface area contributed by atoms with Gasteiger partial charge in [0.05, 0.1) is 24.0 Å². The van der Waals surface area contributed by atoms with Crippen LogP contribution in [0.4, 0.5) is 8.78 Å². The molecule has 3 aromatic heterocycles. The van der Waals surface area contributed by atoms with E-state index in [9.17, 15) is 13.6 Å². The van der Waals surface area contributed by atoms with E-state index in [4.69, 9.17) is 9.72 Å². The molecule has 4 aromatic rings. The van der Waals surface area contributed by atoms with Crippen molar-refractivity contribution in [3.63, 3.8) is 0 Å². The van der Waals surface area contributed by atoms with Gasteiger partial charge in [0.15, 0.2) is 5.65 Å². The van der Waals surface area contributed by atoms with Crippen molar-refractivity contribution in [3.05, 3.63) is 81.3 Å². The Bertz CT molecular complexity index is 1510. The number of halogens is 2. The molecule has 0 N–H and O–H groups in total. The average Bonchev–Trinajstić information content (AvgIpc) is 3.59. The standard InChI is InChI=1S/C26H25F2N5O2/c1-14-15(2)30-25-24(20-6-3-18(27)10-21(20)28)31-22(13-32(25)26(14)34)16-7-8-35-23(9-16)17-11-29-33(12-17)19-4-5-19/h3,6,10-13,16,19,23H,4-5,7-9H2,1-2H3. The molecule has 1 aliphatic heterocycles. The second-order valence-corrected chi connectivity index (χ2v) is 9.53. The fourth-order valence-electron chi connectivity index (χ4n) is 4.77. The lowest BCUT2D eigenvalue weighted by atomic mass is 9.90. The largest absolute Gasteiger partial charge is 0.373 e. The van der Waals surface area contributed by atoms with E-state index in [1.54, 1.807) is 20.0 Å². The van der Waals surface area contributed by atoms with Crippen LogP contribution in [0.15, 0.2) is 41.6 Å². The fourth-order valence-corrected chi connectivity index (χ4v) is 4.77. The summed E-state index contributed by atoms with van der Waals surface area (Å²) in [6, 6.07) is 3.84. The molecule has 4 heterocycles. The van der Waals surface area contributed by atoms with Crippen LogP contribution in [0.25, 0.3) is 16.9 Å². The smallest absolute Gasteiger partial charge is 0.261 e. The molecular formula is C26H25F2N5O2. The third-order valence-corrected chi connectivity index (χ3v) is 7.10. The van der Waals surface area contributed by atoms with Crippen molar-refractivity contribution in [2.24, 2.45) is 0 Å². The van der Waals surface area contributed by atoms with Gasteiger partial charge < -0.3 is 4.74 Å². The summed E-state index contributed by atoms with van der Waals surface area (Å²) in [5, 5.41) is 4.49. The fraction of sp³-hybridized carbons (Fsp3) is 0.385. The van der Waals surface area contributed by atoms with Crippen molar-refractivity contribution < 1.29 is 13.5 Å². The van der Waals surface area contributed by atoms with Crippen molar-refractivity contribution in [2.75, 3.05) is 6.61 Å². The summed E-state index contributed by atoms with van der Waals surface area (Å²) >= 11 is 0. The van der Waals surface area contributed by atoms with Gasteiger partial charge in [-0.25, -0.2) is 18.7 Å². The van der Waals surface area contributed by atoms with E-state index in [2.05, 4.69) is 16.3 Å². The van der Waals surface area contributed by atoms with E-state index in [1.165, 1.54) is 16.5 Å². The van der Waals surface area contributed by atoms with Crippen LogP contribution in [-0.2, 0) is 4.74 Å². The Morgan fingerprint density at radius 3 is 2.69 bits per heavy atom. The van der Waals surface area contributed by atoms with Crippen molar-refractivity contribution in [1.82, 2.24) is 24.1 Å². The van der Waals surface area contributed by atoms with Gasteiger partial charge in [0.25, 0.3) is 5.56 Å². The molecule has 0 bridgehead atoms. The Labute approximate surface area is 200 Å². The molecule has 0 spiro atoms. The van der Waals surface area contributed by atoms with Crippen LogP contribution in [0.5, 0.6) is 0 Å². The molecule has 9 heteroatoms. The second kappa shape index (κ2) is 8.34. The van der Waals surface area contributed by atoms with E-state index < -0.39 is 11.6 Å². The van der Waals surface area contributed by atoms with Gasteiger partial charge in [-0.15, -0.1) is 0 Å². The Kier molecular flexibility index (Phi) is 5.25. The van der Waals surface area contributed by atoms with Gasteiger partial charge in [-0.2, -0.15) is 5.10 Å². The molecule has 2 fully saturated rings. The lowest BCUT2D eigenvalue weighted by molar-refractivity contribution is 0.00454. The molecule has 1 saturated carbocycles. The molecule has 2 atom stereocenters. The highest BCUT2D eigenvalue weighted by Gasteiger charge is 2.30. The van der Waals surface area contributed by atoms with Crippen LogP contribution in [0.2, 0.25) is 0 Å². The lowest BCUT2D eigenvalue weighted by Gasteiger charge is -2.29. The number of ether oxygens (including phenoxy) is 1. The Morgan fingerprint density at radius 2 is 1.91 bits per heavy atom. The van der Waals surface area contributed by atoms with E-state index in [0.717, 1.165) is 24.5 Å². The summed E-state index contributed by atoms with van der Waals surface area (Å²) in [7, 11) is 0. The van der Waals surface area contributed by atoms with E-state index >= 15 is 0 Å². The number of hydrogen-bond donors (Lipinski definition) is 0. The van der Waals surface area contributed by atoms with Crippen LogP contribution in [0, 0.1) is 25.5 Å². The van der Waals surface area contributed by atoms with Gasteiger partial charge in [-0.05, 0) is 51.7 Å². The third-order valence-electron chi connectivity index (χ3n) is 7.10. The van der Waals surface area contributed by atoms with Gasteiger partial charge in [0, 0.05) is 53.4 Å². The first-order chi connectivity index (χ1) is 16.9. The number of aryl methyl sites for hydroxylation is 1. The molecule has 1 saturated heterocycles. The Morgan fingerprint density at radius 1 is 1.09 bits per heavy atom. The predicted molar refractivity (Wildman–Crippen MR) is 125 cm³/mol. The molecule has 35 heavy (non-hydrogen) atoms. The lowest BCUT2D eigenvalue weighted by Crippen LogP contribution is -2.24. The SMILES string of the molecule is Cc1nc2c(-c3ccc(F)cc3F)nc(C3CCOC(c4cnn(C5CC5)c4)C3)cn2c(=O)c1C. The number of rotatable bonds is 4. The predicted octanol–water partition coefficient (Wildman–Crippen LogP) is 4.82. The summed E-state index contributed by atoms with van der Waals surface area (Å²) in [5.74, 6) is -1.44. The molecule has 0 radical (unpaired) electrons. The van der Waals surface area contributed by atoms with Gasteiger partial charge in [-0.3, -0.25) is 13.9 Å². The summed E-state index contributed by atoms with van der Waals surface area (Å²) in [6.07, 6.45) is 9.16. The minimum atomic E-state index is -0.749. The maximum atomic E-state index is 14.8. The topological polar surface area (TPSA) is 74.3 Å². The van der Waals surface area contributed by atoms with Crippen LogP contribution in [0.1, 0.15) is 66.3 Å². The molecule has 180 valence electrons. The first kappa shape index (κ1) is 22.0. The molecule has 7 nitrogen and oxygen atoms in total. The van der Waals surface area contributed by atoms with Crippen molar-refractivity contribution in [2.45, 2.75) is 57.6 Å². The van der Waals surface area contributed by atoms with Crippen molar-refractivity contribution in [3.8, 4) is 11.3 Å². The number of fused-ring (bicyclic) bond motifs is 1. The molecule has 2 unspecified atom stereocenters. The first-order valence-electron chi connectivity index (χ1n) is 11.9. The van der Waals surface area contributed by atoms with Gasteiger partial charge in [-0.1, -0.05) is 0 Å². The highest BCUT2D eigenvalue weighted by Crippen LogP contribution is 2.40. The van der Waals surface area contributed by atoms with Crippen LogP contribution in [-0.4, -0.2) is 30.8 Å². The van der Waals surface area contributed by atoms with Crippen LogP contribution >= 0.6 is 0 Å². The second-order valence-electron chi connectivity index (χ2n) is 9.53. The highest BCUT2D eigenvalue weighted by atomic mass is 19.1. The third kappa shape index (κ3) is 3.93. The van der Waals surface area contributed by atoms with E-state index in [1.807, 2.05) is 10.9 Å². The number of hydrogen-bond acceptors (Lipinski definition) is 5.